The van der Waals surface area contributed by atoms with Gasteiger partial charge in [-0.15, -0.1) is 0 Å². The van der Waals surface area contributed by atoms with Gasteiger partial charge in [0.15, 0.2) is 6.61 Å². The van der Waals surface area contributed by atoms with Gasteiger partial charge in [-0.3, -0.25) is 4.79 Å². The van der Waals surface area contributed by atoms with Gasteiger partial charge in [-0.05, 0) is 26.0 Å². The third-order valence-electron chi connectivity index (χ3n) is 5.42. The van der Waals surface area contributed by atoms with Gasteiger partial charge in [-0.2, -0.15) is 8.78 Å². The Morgan fingerprint density at radius 2 is 2.06 bits per heavy atom. The fourth-order valence-corrected chi connectivity index (χ4v) is 3.65. The van der Waals surface area contributed by atoms with Crippen molar-refractivity contribution in [2.75, 3.05) is 30.5 Å². The van der Waals surface area contributed by atoms with Crippen LogP contribution in [0.5, 0.6) is 5.75 Å². The van der Waals surface area contributed by atoms with Crippen molar-refractivity contribution in [1.29, 1.82) is 0 Å². The van der Waals surface area contributed by atoms with Crippen molar-refractivity contribution in [3.05, 3.63) is 53.1 Å². The lowest BCUT2D eigenvalue weighted by Gasteiger charge is -2.27. The molecule has 3 aromatic rings. The van der Waals surface area contributed by atoms with Gasteiger partial charge in [0.05, 0.1) is 22.8 Å². The van der Waals surface area contributed by atoms with Crippen molar-refractivity contribution in [3.63, 3.8) is 0 Å². The summed E-state index contributed by atoms with van der Waals surface area (Å²) >= 11 is 0. The van der Waals surface area contributed by atoms with E-state index in [4.69, 9.17) is 9.84 Å². The van der Waals surface area contributed by atoms with Crippen LogP contribution in [-0.2, 0) is 10.7 Å². The number of alkyl halides is 2. The molecule has 0 fully saturated rings. The third-order valence-corrected chi connectivity index (χ3v) is 5.42. The monoisotopic (exact) mass is 446 g/mol. The summed E-state index contributed by atoms with van der Waals surface area (Å²) in [5, 5.41) is 12.6. The fraction of sp³-hybridized carbons (Fsp3) is 0.318. The van der Waals surface area contributed by atoms with Gasteiger partial charge in [0, 0.05) is 24.1 Å². The molecular weight excluding hydrogens is 425 g/mol. The summed E-state index contributed by atoms with van der Waals surface area (Å²) < 4.78 is 48.3. The summed E-state index contributed by atoms with van der Waals surface area (Å²) in [6, 6.07) is 6.30. The zero-order chi connectivity index (χ0) is 23.2. The average molecular weight is 446 g/mol. The number of likely N-dealkylation sites (N-methyl/N-ethyl adjacent to an activating group) is 1. The maximum Gasteiger partial charge on any atom is 0.298 e. The zero-order valence-corrected chi connectivity index (χ0v) is 17.6. The topological polar surface area (TPSA) is 87.6 Å². The van der Waals surface area contributed by atoms with E-state index in [1.165, 1.54) is 17.0 Å². The zero-order valence-electron chi connectivity index (χ0n) is 17.6. The Labute approximate surface area is 181 Å². The minimum absolute atomic E-state index is 0.00590. The number of anilines is 2. The molecule has 2 aromatic carbocycles. The van der Waals surface area contributed by atoms with Gasteiger partial charge < -0.3 is 20.1 Å². The standard InChI is InChI=1S/C22H21F3N4O3/c1-11(13-5-4-6-15(20(13)23)22(24,25)10-30)26-21-14-7-17-18(32-9-19(31)29(17)3)8-16(14)27-12(2)28-21/h4-8,11,30H,9-10H2,1-3H3,(H,26,27,28). The Hall–Kier alpha value is -3.40. The molecule has 1 unspecified atom stereocenters. The second-order valence-corrected chi connectivity index (χ2v) is 7.64. The Morgan fingerprint density at radius 1 is 1.31 bits per heavy atom. The molecule has 1 aromatic heterocycles. The van der Waals surface area contributed by atoms with Gasteiger partial charge in [-0.1, -0.05) is 12.1 Å². The lowest BCUT2D eigenvalue weighted by molar-refractivity contribution is -0.120. The highest BCUT2D eigenvalue weighted by Crippen LogP contribution is 2.38. The molecule has 0 bridgehead atoms. The quantitative estimate of drug-likeness (QED) is 0.622. The Bertz CT molecular complexity index is 1220. The molecule has 1 aliphatic rings. The van der Waals surface area contributed by atoms with Crippen molar-refractivity contribution >= 4 is 28.3 Å². The van der Waals surface area contributed by atoms with E-state index in [2.05, 4.69) is 15.3 Å². The number of halogens is 3. The number of rotatable bonds is 5. The molecule has 2 heterocycles. The van der Waals surface area contributed by atoms with Crippen molar-refractivity contribution in [3.8, 4) is 5.75 Å². The number of aliphatic hydroxyl groups is 1. The normalized spacial score (nSPS) is 14.8. The fourth-order valence-electron chi connectivity index (χ4n) is 3.65. The molecule has 32 heavy (non-hydrogen) atoms. The number of amides is 1. The molecule has 0 radical (unpaired) electrons. The molecular formula is C22H21F3N4O3. The van der Waals surface area contributed by atoms with Crippen LogP contribution in [0.3, 0.4) is 0 Å². The second kappa shape index (κ2) is 7.94. The van der Waals surface area contributed by atoms with Crippen LogP contribution in [0.15, 0.2) is 30.3 Å². The van der Waals surface area contributed by atoms with Gasteiger partial charge in [0.1, 0.15) is 29.8 Å². The molecule has 0 spiro atoms. The number of carbonyl (C=O) groups excluding carboxylic acids is 1. The maximum atomic E-state index is 14.9. The Kier molecular flexibility index (Phi) is 5.41. The number of carbonyl (C=O) groups is 1. The maximum absolute atomic E-state index is 14.9. The summed E-state index contributed by atoms with van der Waals surface area (Å²) in [6.45, 7) is 1.73. The SMILES string of the molecule is Cc1nc(NC(C)c2cccc(C(F)(F)CO)c2F)c2cc3c(cc2n1)OCC(=O)N3C. The van der Waals surface area contributed by atoms with E-state index >= 15 is 0 Å². The van der Waals surface area contributed by atoms with E-state index in [9.17, 15) is 18.0 Å². The molecule has 2 N–H and O–H groups in total. The van der Waals surface area contributed by atoms with E-state index in [1.54, 1.807) is 33.0 Å². The molecule has 168 valence electrons. The third kappa shape index (κ3) is 3.70. The highest BCUT2D eigenvalue weighted by Gasteiger charge is 2.35. The van der Waals surface area contributed by atoms with Gasteiger partial charge in [0.2, 0.25) is 0 Å². The lowest BCUT2D eigenvalue weighted by atomic mass is 10.00. The van der Waals surface area contributed by atoms with Crippen LogP contribution in [0.2, 0.25) is 0 Å². The van der Waals surface area contributed by atoms with E-state index < -0.39 is 30.0 Å². The van der Waals surface area contributed by atoms with E-state index in [-0.39, 0.29) is 18.1 Å². The molecule has 0 saturated heterocycles. The molecule has 0 saturated carbocycles. The first-order valence-corrected chi connectivity index (χ1v) is 9.88. The highest BCUT2D eigenvalue weighted by atomic mass is 19.3. The van der Waals surface area contributed by atoms with E-state index in [1.807, 2.05) is 0 Å². The average Bonchev–Trinajstić information content (AvgIpc) is 2.75. The minimum atomic E-state index is -3.70. The molecule has 1 amide bonds. The van der Waals surface area contributed by atoms with Crippen LogP contribution in [0, 0.1) is 12.7 Å². The van der Waals surface area contributed by atoms with Crippen LogP contribution >= 0.6 is 0 Å². The van der Waals surface area contributed by atoms with Crippen LogP contribution < -0.4 is 15.0 Å². The van der Waals surface area contributed by atoms with Crippen LogP contribution in [0.25, 0.3) is 10.9 Å². The number of benzene rings is 2. The Morgan fingerprint density at radius 3 is 2.78 bits per heavy atom. The predicted molar refractivity (Wildman–Crippen MR) is 113 cm³/mol. The summed E-state index contributed by atoms with van der Waals surface area (Å²) in [5.74, 6) is -3.72. The number of aromatic nitrogens is 2. The number of fused-ring (bicyclic) bond motifs is 2. The lowest BCUT2D eigenvalue weighted by Crippen LogP contribution is -2.35. The van der Waals surface area contributed by atoms with Crippen molar-refractivity contribution < 1.29 is 27.8 Å². The molecule has 0 aliphatic carbocycles. The molecule has 7 nitrogen and oxygen atoms in total. The number of nitrogens with one attached hydrogen (secondary N) is 1. The molecule has 10 heteroatoms. The van der Waals surface area contributed by atoms with Crippen LogP contribution in [0.4, 0.5) is 24.7 Å². The van der Waals surface area contributed by atoms with Gasteiger partial charge >= 0.3 is 0 Å². The van der Waals surface area contributed by atoms with Crippen LogP contribution in [0.1, 0.15) is 29.9 Å². The largest absolute Gasteiger partial charge is 0.481 e. The summed E-state index contributed by atoms with van der Waals surface area (Å²) in [6.07, 6.45) is 0. The van der Waals surface area contributed by atoms with Crippen molar-refractivity contribution in [2.24, 2.45) is 0 Å². The second-order valence-electron chi connectivity index (χ2n) is 7.64. The van der Waals surface area contributed by atoms with Gasteiger partial charge in [0.25, 0.3) is 11.8 Å². The minimum Gasteiger partial charge on any atom is -0.481 e. The van der Waals surface area contributed by atoms with Crippen molar-refractivity contribution in [2.45, 2.75) is 25.8 Å². The predicted octanol–water partition coefficient (Wildman–Crippen LogP) is 3.69. The number of nitrogens with zero attached hydrogens (tertiary/aromatic N) is 3. The summed E-state index contributed by atoms with van der Waals surface area (Å²) in [4.78, 5) is 22.3. The van der Waals surface area contributed by atoms with Crippen molar-refractivity contribution in [1.82, 2.24) is 9.97 Å². The van der Waals surface area contributed by atoms with Gasteiger partial charge in [-0.25, -0.2) is 14.4 Å². The molecule has 1 aliphatic heterocycles. The number of ether oxygens (including phenoxy) is 1. The smallest absolute Gasteiger partial charge is 0.298 e. The summed E-state index contributed by atoms with van der Waals surface area (Å²) in [7, 11) is 1.63. The number of aliphatic hydroxyl groups excluding tert-OH is 1. The first-order valence-electron chi connectivity index (χ1n) is 9.88. The molecule has 1 atom stereocenters. The van der Waals surface area contributed by atoms with E-state index in [0.717, 1.165) is 6.07 Å². The summed E-state index contributed by atoms with van der Waals surface area (Å²) in [5.41, 5.74) is 0.206. The number of aryl methyl sites for hydroxylation is 1. The van der Waals surface area contributed by atoms with E-state index in [0.29, 0.717) is 34.0 Å². The number of hydrogen-bond acceptors (Lipinski definition) is 6. The Balaban J connectivity index is 1.77. The number of hydrogen-bond donors (Lipinski definition) is 2. The highest BCUT2D eigenvalue weighted by molar-refractivity contribution is 6.02. The first-order chi connectivity index (χ1) is 15.1. The van der Waals surface area contributed by atoms with Crippen LogP contribution in [-0.4, -0.2) is 41.2 Å². The first kappa shape index (κ1) is 21.8. The molecule has 4 rings (SSSR count).